The molecule has 43 heavy (non-hydrogen) atoms. The molecule has 236 valence electrons. The average molecular weight is 607 g/mol. The second kappa shape index (κ2) is 7.64. The standard InChI is InChI=1S/C30H38O13/c1-5-25-9-16-24(4,20(41-13(2)31)14-6-7-39-10-14)18(33)19(34)30(38)26-12-40-17(32)8-15(26)23(3)11-27(26,36)28(37,21(23)35)22(42-25)29(16,30)43-25/h6-7,10,15-16,18-22,33-38H,5,8-9,11-12H2,1-4H3/t15-,16+,18-,19+,20-,21-,22+,23+,24-,25-,26+,27+,28-,29+,30-/m0/s1. The summed E-state index contributed by atoms with van der Waals surface area (Å²) in [5, 5.41) is 75.5. The molecule has 7 aliphatic rings. The number of esters is 2. The third kappa shape index (κ3) is 2.42. The molecule has 0 amide bonds. The minimum absolute atomic E-state index is 0.0423. The molecule has 13 nitrogen and oxygen atoms in total. The van der Waals surface area contributed by atoms with E-state index in [1.165, 1.54) is 19.5 Å². The first-order valence-corrected chi connectivity index (χ1v) is 15.0. The topological polar surface area (TPSA) is 206 Å². The van der Waals surface area contributed by atoms with Crippen LogP contribution >= 0.6 is 0 Å². The minimum Gasteiger partial charge on any atom is -0.472 e. The van der Waals surface area contributed by atoms with E-state index in [4.69, 9.17) is 23.4 Å². The fourth-order valence-corrected chi connectivity index (χ4v) is 11.8. The van der Waals surface area contributed by atoms with Crippen LogP contribution in [0, 0.1) is 28.1 Å². The Labute approximate surface area is 246 Å². The molecule has 15 atom stereocenters. The molecular weight excluding hydrogens is 568 g/mol. The van der Waals surface area contributed by atoms with Crippen LogP contribution in [0.4, 0.5) is 0 Å². The Kier molecular flexibility index (Phi) is 5.04. The zero-order chi connectivity index (χ0) is 31.0. The summed E-state index contributed by atoms with van der Waals surface area (Å²) in [6.45, 7) is 5.63. The molecule has 1 aromatic heterocycles. The zero-order valence-corrected chi connectivity index (χ0v) is 24.4. The summed E-state index contributed by atoms with van der Waals surface area (Å²) in [6, 6.07) is 1.56. The Morgan fingerprint density at radius 2 is 1.86 bits per heavy atom. The molecule has 8 rings (SSSR count). The van der Waals surface area contributed by atoms with E-state index in [-0.39, 0.29) is 25.7 Å². The molecule has 0 radical (unpaired) electrons. The van der Waals surface area contributed by atoms with Gasteiger partial charge in [-0.2, -0.15) is 0 Å². The molecule has 13 heteroatoms. The van der Waals surface area contributed by atoms with Crippen LogP contribution in [0.3, 0.4) is 0 Å². The number of fused-ring (bicyclic) bond motifs is 4. The first-order valence-electron chi connectivity index (χ1n) is 15.0. The third-order valence-electron chi connectivity index (χ3n) is 13.4. The molecule has 4 saturated carbocycles. The first kappa shape index (κ1) is 28.4. The molecule has 6 N–H and O–H groups in total. The van der Waals surface area contributed by atoms with E-state index in [9.17, 15) is 40.2 Å². The van der Waals surface area contributed by atoms with Crippen LogP contribution in [0.1, 0.15) is 65.0 Å². The highest BCUT2D eigenvalue weighted by Gasteiger charge is 3.03. The van der Waals surface area contributed by atoms with Crippen molar-refractivity contribution in [3.05, 3.63) is 24.2 Å². The van der Waals surface area contributed by atoms with Crippen molar-refractivity contribution in [1.82, 2.24) is 0 Å². The van der Waals surface area contributed by atoms with E-state index in [0.29, 0.717) is 5.56 Å². The van der Waals surface area contributed by atoms with Crippen LogP contribution in [0.15, 0.2) is 23.0 Å². The van der Waals surface area contributed by atoms with Crippen molar-refractivity contribution in [2.45, 2.75) is 112 Å². The monoisotopic (exact) mass is 606 g/mol. The SMILES string of the molecule is CC[C@@]12C[C@@H]3[C@](C)([C@@H](OC(C)=O)c4ccoc4)[C@@H](O)[C@@H](O)[C@@]4(O)[C@]3(O1)[C@H](O2)[C@@]1(O)[C@@H](O)[C@]2(C)C[C@@]1(O)[C@]41COC(=O)C[C@@H]21. The smallest absolute Gasteiger partial charge is 0.306 e. The molecule has 2 spiro atoms. The maximum Gasteiger partial charge on any atom is 0.306 e. The molecule has 1 aromatic rings. The van der Waals surface area contributed by atoms with Crippen LogP contribution in [0.25, 0.3) is 0 Å². The lowest BCUT2D eigenvalue weighted by Gasteiger charge is -2.77. The maximum atomic E-state index is 13.4. The van der Waals surface area contributed by atoms with Crippen LogP contribution in [0.5, 0.6) is 0 Å². The quantitative estimate of drug-likeness (QED) is 0.238. The van der Waals surface area contributed by atoms with E-state index in [1.807, 2.05) is 0 Å². The molecule has 7 fully saturated rings. The summed E-state index contributed by atoms with van der Waals surface area (Å²) in [5.74, 6) is -4.75. The number of aliphatic hydroxyl groups excluding tert-OH is 3. The number of aliphatic hydroxyl groups is 6. The normalized spacial score (nSPS) is 59.4. The summed E-state index contributed by atoms with van der Waals surface area (Å²) in [5.41, 5.74) is -13.9. The number of ether oxygens (including phenoxy) is 4. The van der Waals surface area contributed by atoms with Crippen molar-refractivity contribution < 1.29 is 63.6 Å². The third-order valence-corrected chi connectivity index (χ3v) is 13.4. The molecule has 3 saturated heterocycles. The lowest BCUT2D eigenvalue weighted by atomic mass is 9.32. The molecule has 4 bridgehead atoms. The van der Waals surface area contributed by atoms with Gasteiger partial charge in [0.1, 0.15) is 47.3 Å². The van der Waals surface area contributed by atoms with Crippen molar-refractivity contribution in [3.63, 3.8) is 0 Å². The van der Waals surface area contributed by atoms with E-state index in [0.717, 1.165) is 0 Å². The van der Waals surface area contributed by atoms with Gasteiger partial charge in [-0.05, 0) is 24.8 Å². The molecule has 0 unspecified atom stereocenters. The highest BCUT2D eigenvalue weighted by molar-refractivity contribution is 5.72. The number of hydrogen-bond acceptors (Lipinski definition) is 13. The van der Waals surface area contributed by atoms with Gasteiger partial charge in [0.15, 0.2) is 5.79 Å². The van der Waals surface area contributed by atoms with Crippen molar-refractivity contribution >= 4 is 11.9 Å². The van der Waals surface area contributed by atoms with Crippen molar-refractivity contribution in [1.29, 1.82) is 0 Å². The predicted molar refractivity (Wildman–Crippen MR) is 138 cm³/mol. The molecule has 0 aromatic carbocycles. The van der Waals surface area contributed by atoms with Crippen LogP contribution < -0.4 is 0 Å². The molecular formula is C30H38O13. The Balaban J connectivity index is 1.45. The van der Waals surface area contributed by atoms with Crippen molar-refractivity contribution in [2.75, 3.05) is 6.61 Å². The zero-order valence-electron chi connectivity index (χ0n) is 24.4. The minimum atomic E-state index is -2.58. The Hall–Kier alpha value is -2.10. The number of rotatable bonds is 4. The molecule has 3 aliphatic heterocycles. The van der Waals surface area contributed by atoms with Gasteiger partial charge >= 0.3 is 11.9 Å². The van der Waals surface area contributed by atoms with Gasteiger partial charge in [0.25, 0.3) is 0 Å². The number of hydrogen-bond donors (Lipinski definition) is 6. The molecule has 4 aliphatic carbocycles. The van der Waals surface area contributed by atoms with Gasteiger partial charge in [-0.3, -0.25) is 9.59 Å². The number of carbonyl (C=O) groups excluding carboxylic acids is 2. The van der Waals surface area contributed by atoms with Gasteiger partial charge in [0, 0.05) is 42.1 Å². The number of cyclic esters (lactones) is 1. The average Bonchev–Trinajstić information content (AvgIpc) is 3.76. The molecule has 4 heterocycles. The lowest BCUT2D eigenvalue weighted by Crippen LogP contribution is -2.97. The maximum absolute atomic E-state index is 13.4. The predicted octanol–water partition coefficient (Wildman–Crippen LogP) is -0.553. The number of carbonyl (C=O) groups is 2. The van der Waals surface area contributed by atoms with Crippen LogP contribution in [-0.2, 0) is 28.5 Å². The highest BCUT2D eigenvalue weighted by Crippen LogP contribution is 2.86. The first-order chi connectivity index (χ1) is 20.0. The Bertz CT molecular complexity index is 1430. The van der Waals surface area contributed by atoms with Crippen molar-refractivity contribution in [3.8, 4) is 0 Å². The van der Waals surface area contributed by atoms with Crippen LogP contribution in [-0.4, -0.2) is 102 Å². The summed E-state index contributed by atoms with van der Waals surface area (Å²) in [7, 11) is 0. The second-order valence-corrected chi connectivity index (χ2v) is 14.6. The van der Waals surface area contributed by atoms with Gasteiger partial charge in [-0.15, -0.1) is 0 Å². The summed E-state index contributed by atoms with van der Waals surface area (Å²) in [6.07, 6.45) is -5.90. The van der Waals surface area contributed by atoms with Gasteiger partial charge in [-0.25, -0.2) is 0 Å². The van der Waals surface area contributed by atoms with Gasteiger partial charge < -0.3 is 54.0 Å². The van der Waals surface area contributed by atoms with E-state index < -0.39 is 105 Å². The largest absolute Gasteiger partial charge is 0.472 e. The Morgan fingerprint density at radius 1 is 1.14 bits per heavy atom. The van der Waals surface area contributed by atoms with Crippen LogP contribution in [0.2, 0.25) is 0 Å². The van der Waals surface area contributed by atoms with E-state index in [2.05, 4.69) is 0 Å². The second-order valence-electron chi connectivity index (χ2n) is 14.6. The fourth-order valence-electron chi connectivity index (χ4n) is 11.8. The van der Waals surface area contributed by atoms with E-state index >= 15 is 0 Å². The summed E-state index contributed by atoms with van der Waals surface area (Å²) in [4.78, 5) is 25.2. The van der Waals surface area contributed by atoms with Gasteiger partial charge in [-0.1, -0.05) is 20.8 Å². The van der Waals surface area contributed by atoms with E-state index in [1.54, 1.807) is 26.8 Å². The van der Waals surface area contributed by atoms with Gasteiger partial charge in [0.05, 0.1) is 30.1 Å². The van der Waals surface area contributed by atoms with Crippen molar-refractivity contribution in [2.24, 2.45) is 28.1 Å². The highest BCUT2D eigenvalue weighted by atomic mass is 16.8. The lowest BCUT2D eigenvalue weighted by molar-refractivity contribution is -0.450. The number of furan rings is 1. The summed E-state index contributed by atoms with van der Waals surface area (Å²) < 4.78 is 30.0. The fraction of sp³-hybridized carbons (Fsp3) is 0.800. The Morgan fingerprint density at radius 3 is 2.49 bits per heavy atom. The summed E-state index contributed by atoms with van der Waals surface area (Å²) >= 11 is 0. The van der Waals surface area contributed by atoms with Gasteiger partial charge in [0.2, 0.25) is 0 Å².